The van der Waals surface area contributed by atoms with Crippen LogP contribution in [0, 0.1) is 0 Å². The van der Waals surface area contributed by atoms with Crippen molar-refractivity contribution in [2.75, 3.05) is 13.1 Å². The maximum Gasteiger partial charge on any atom is 0.417 e. The summed E-state index contributed by atoms with van der Waals surface area (Å²) in [5.41, 5.74) is 1.20. The molecule has 1 fully saturated rings. The van der Waals surface area contributed by atoms with Crippen LogP contribution in [0.4, 0.5) is 18.0 Å². The number of carboxylic acid groups (broad SMARTS) is 1. The summed E-state index contributed by atoms with van der Waals surface area (Å²) >= 11 is 0. The Kier molecular flexibility index (Phi) is 8.28. The fourth-order valence-electron chi connectivity index (χ4n) is 4.35. The van der Waals surface area contributed by atoms with E-state index in [9.17, 15) is 22.8 Å². The number of pyridine rings is 1. The lowest BCUT2D eigenvalue weighted by Crippen LogP contribution is -2.43. The molecule has 0 aliphatic carbocycles. The highest BCUT2D eigenvalue weighted by molar-refractivity contribution is 5.88. The number of ether oxygens (including phenoxy) is 3. The predicted octanol–water partition coefficient (Wildman–Crippen LogP) is 7.30. The quantitative estimate of drug-likeness (QED) is 0.246. The van der Waals surface area contributed by atoms with Gasteiger partial charge in [-0.1, -0.05) is 24.3 Å². The zero-order chi connectivity index (χ0) is 29.7. The first-order chi connectivity index (χ1) is 20.1. The van der Waals surface area contributed by atoms with E-state index in [0.717, 1.165) is 23.3 Å². The van der Waals surface area contributed by atoms with Crippen LogP contribution < -0.4 is 14.2 Å². The van der Waals surface area contributed by atoms with Crippen molar-refractivity contribution >= 4 is 12.1 Å². The van der Waals surface area contributed by atoms with Gasteiger partial charge in [-0.25, -0.2) is 14.6 Å². The molecule has 11 heteroatoms. The summed E-state index contributed by atoms with van der Waals surface area (Å²) in [5, 5.41) is 9.05. The Labute approximate surface area is 238 Å². The number of carbonyl (C=O) groups is 2. The number of hydrogen-bond donors (Lipinski definition) is 1. The third-order valence-corrected chi connectivity index (χ3v) is 6.64. The molecule has 0 radical (unpaired) electrons. The lowest BCUT2D eigenvalue weighted by molar-refractivity contribution is -0.137. The van der Waals surface area contributed by atoms with Gasteiger partial charge in [-0.2, -0.15) is 13.2 Å². The Morgan fingerprint density at radius 1 is 0.786 bits per heavy atom. The molecule has 0 saturated carbocycles. The molecule has 1 aliphatic rings. The first kappa shape index (κ1) is 28.5. The van der Waals surface area contributed by atoms with Crippen LogP contribution in [0.25, 0.3) is 11.1 Å². The number of hydrogen-bond acceptors (Lipinski definition) is 6. The Bertz CT molecular complexity index is 1520. The second kappa shape index (κ2) is 12.2. The molecule has 216 valence electrons. The number of amides is 1. The maximum absolute atomic E-state index is 12.7. The second-order valence-corrected chi connectivity index (χ2v) is 9.54. The standard InChI is InChI=1S/C31H25F3N2O6/c32-31(33,34)23-7-14-28(35-19-23)41-25-10-12-26(13-11-25)42-30(39)36-17-15-27(16-18-36)40-24-8-5-21(6-9-24)20-1-3-22(4-2-20)29(37)38/h1-14,19,27H,15-18H2,(H,37,38). The SMILES string of the molecule is O=C(O)c1ccc(-c2ccc(OC3CCN(C(=O)Oc4ccc(Oc5ccc(C(F)(F)F)cn5)cc4)CC3)cc2)cc1. The number of aromatic nitrogens is 1. The fourth-order valence-corrected chi connectivity index (χ4v) is 4.35. The van der Waals surface area contributed by atoms with Gasteiger partial charge in [-0.05, 0) is 65.7 Å². The van der Waals surface area contributed by atoms with E-state index in [0.29, 0.717) is 49.4 Å². The van der Waals surface area contributed by atoms with Crippen molar-refractivity contribution in [2.45, 2.75) is 25.1 Å². The summed E-state index contributed by atoms with van der Waals surface area (Å²) in [6, 6.07) is 22.3. The van der Waals surface area contributed by atoms with E-state index in [1.807, 2.05) is 24.3 Å². The molecular formula is C31H25F3N2O6. The Morgan fingerprint density at radius 3 is 1.90 bits per heavy atom. The average Bonchev–Trinajstić information content (AvgIpc) is 2.99. The number of carboxylic acids is 1. The topological polar surface area (TPSA) is 98.2 Å². The van der Waals surface area contributed by atoms with Crippen molar-refractivity contribution in [2.24, 2.45) is 0 Å². The largest absolute Gasteiger partial charge is 0.490 e. The number of halogens is 3. The van der Waals surface area contributed by atoms with E-state index < -0.39 is 23.8 Å². The van der Waals surface area contributed by atoms with Gasteiger partial charge in [0.2, 0.25) is 5.88 Å². The molecular weight excluding hydrogens is 553 g/mol. The molecule has 1 N–H and O–H groups in total. The van der Waals surface area contributed by atoms with E-state index in [1.54, 1.807) is 29.2 Å². The van der Waals surface area contributed by atoms with Crippen molar-refractivity contribution in [3.63, 3.8) is 0 Å². The van der Waals surface area contributed by atoms with Gasteiger partial charge in [0.15, 0.2) is 0 Å². The molecule has 42 heavy (non-hydrogen) atoms. The van der Waals surface area contributed by atoms with E-state index in [-0.39, 0.29) is 17.5 Å². The number of likely N-dealkylation sites (tertiary alicyclic amines) is 1. The minimum atomic E-state index is -4.48. The van der Waals surface area contributed by atoms with Gasteiger partial charge < -0.3 is 24.2 Å². The first-order valence-electron chi connectivity index (χ1n) is 13.0. The Morgan fingerprint density at radius 2 is 1.36 bits per heavy atom. The smallest absolute Gasteiger partial charge is 0.417 e. The monoisotopic (exact) mass is 578 g/mol. The molecule has 1 aliphatic heterocycles. The van der Waals surface area contributed by atoms with Crippen LogP contribution in [0.3, 0.4) is 0 Å². The number of aromatic carboxylic acids is 1. The van der Waals surface area contributed by atoms with Gasteiger partial charge in [0.25, 0.3) is 0 Å². The van der Waals surface area contributed by atoms with Crippen molar-refractivity contribution in [1.29, 1.82) is 0 Å². The number of carbonyl (C=O) groups excluding carboxylic acids is 1. The summed E-state index contributed by atoms with van der Waals surface area (Å²) in [4.78, 5) is 29.0. The number of alkyl halides is 3. The van der Waals surface area contributed by atoms with E-state index >= 15 is 0 Å². The third-order valence-electron chi connectivity index (χ3n) is 6.64. The minimum absolute atomic E-state index is 0.000975. The highest BCUT2D eigenvalue weighted by Gasteiger charge is 2.30. The van der Waals surface area contributed by atoms with Crippen LogP contribution in [0.1, 0.15) is 28.8 Å². The zero-order valence-corrected chi connectivity index (χ0v) is 22.1. The number of rotatable bonds is 7. The minimum Gasteiger partial charge on any atom is -0.490 e. The van der Waals surface area contributed by atoms with Gasteiger partial charge in [0, 0.05) is 38.2 Å². The number of piperidine rings is 1. The molecule has 1 saturated heterocycles. The van der Waals surface area contributed by atoms with Crippen LogP contribution >= 0.6 is 0 Å². The van der Waals surface area contributed by atoms with Crippen molar-refractivity contribution in [1.82, 2.24) is 9.88 Å². The van der Waals surface area contributed by atoms with Gasteiger partial charge in [-0.15, -0.1) is 0 Å². The summed E-state index contributed by atoms with van der Waals surface area (Å²) in [6.07, 6.45) is -3.09. The molecule has 1 amide bonds. The summed E-state index contributed by atoms with van der Waals surface area (Å²) < 4.78 is 55.1. The molecule has 3 aromatic carbocycles. The fraction of sp³-hybridized carbons (Fsp3) is 0.194. The third kappa shape index (κ3) is 7.17. The van der Waals surface area contributed by atoms with Gasteiger partial charge in [0.05, 0.1) is 11.1 Å². The lowest BCUT2D eigenvalue weighted by atomic mass is 10.0. The predicted molar refractivity (Wildman–Crippen MR) is 146 cm³/mol. The van der Waals surface area contributed by atoms with Crippen LogP contribution in [-0.2, 0) is 6.18 Å². The van der Waals surface area contributed by atoms with Crippen LogP contribution in [-0.4, -0.2) is 46.2 Å². The molecule has 2 heterocycles. The van der Waals surface area contributed by atoms with Crippen LogP contribution in [0.2, 0.25) is 0 Å². The molecule has 0 spiro atoms. The summed E-state index contributed by atoms with van der Waals surface area (Å²) in [7, 11) is 0. The molecule has 0 bridgehead atoms. The van der Waals surface area contributed by atoms with Gasteiger partial charge >= 0.3 is 18.2 Å². The molecule has 5 rings (SSSR count). The van der Waals surface area contributed by atoms with Crippen LogP contribution in [0.5, 0.6) is 23.1 Å². The zero-order valence-electron chi connectivity index (χ0n) is 22.1. The first-order valence-corrected chi connectivity index (χ1v) is 13.0. The second-order valence-electron chi connectivity index (χ2n) is 9.54. The highest BCUT2D eigenvalue weighted by atomic mass is 19.4. The molecule has 8 nitrogen and oxygen atoms in total. The Hall–Kier alpha value is -5.06. The normalized spacial score (nSPS) is 13.8. The highest BCUT2D eigenvalue weighted by Crippen LogP contribution is 2.31. The van der Waals surface area contributed by atoms with Gasteiger partial charge in [0.1, 0.15) is 23.4 Å². The lowest BCUT2D eigenvalue weighted by Gasteiger charge is -2.31. The number of nitrogens with zero attached hydrogens (tertiary/aromatic N) is 2. The van der Waals surface area contributed by atoms with Crippen molar-refractivity contribution in [3.05, 3.63) is 102 Å². The number of benzene rings is 3. The summed E-state index contributed by atoms with van der Waals surface area (Å²) in [6.45, 7) is 0.913. The van der Waals surface area contributed by atoms with Crippen molar-refractivity contribution < 1.29 is 42.1 Å². The van der Waals surface area contributed by atoms with Gasteiger partial charge in [-0.3, -0.25) is 0 Å². The van der Waals surface area contributed by atoms with E-state index in [2.05, 4.69) is 4.98 Å². The maximum atomic E-state index is 12.7. The van der Waals surface area contributed by atoms with E-state index in [4.69, 9.17) is 19.3 Å². The van der Waals surface area contributed by atoms with Crippen molar-refractivity contribution in [3.8, 4) is 34.3 Å². The molecule has 0 unspecified atom stereocenters. The molecule has 0 atom stereocenters. The van der Waals surface area contributed by atoms with E-state index in [1.165, 1.54) is 24.3 Å². The summed E-state index contributed by atoms with van der Waals surface area (Å²) in [5.74, 6) is 0.355. The Balaban J connectivity index is 1.07. The molecule has 4 aromatic rings. The van der Waals surface area contributed by atoms with Crippen LogP contribution in [0.15, 0.2) is 91.1 Å². The average molecular weight is 579 g/mol. The molecule has 1 aromatic heterocycles.